The molecule has 0 radical (unpaired) electrons. The van der Waals surface area contributed by atoms with Crippen molar-refractivity contribution in [3.05, 3.63) is 36.1 Å². The van der Waals surface area contributed by atoms with E-state index in [0.29, 0.717) is 29.3 Å². The van der Waals surface area contributed by atoms with Crippen molar-refractivity contribution in [3.63, 3.8) is 0 Å². The van der Waals surface area contributed by atoms with E-state index in [0.717, 1.165) is 30.5 Å². The van der Waals surface area contributed by atoms with Gasteiger partial charge >= 0.3 is 0 Å². The molecule has 0 saturated carbocycles. The number of fused-ring (bicyclic) bond motifs is 1. The molecule has 28 heavy (non-hydrogen) atoms. The monoisotopic (exact) mass is 382 g/mol. The molecule has 7 nitrogen and oxygen atoms in total. The van der Waals surface area contributed by atoms with Crippen LogP contribution in [-0.2, 0) is 4.74 Å². The van der Waals surface area contributed by atoms with Gasteiger partial charge in [0.1, 0.15) is 11.6 Å². The third kappa shape index (κ3) is 3.20. The van der Waals surface area contributed by atoms with Crippen molar-refractivity contribution in [2.75, 3.05) is 43.3 Å². The van der Waals surface area contributed by atoms with Gasteiger partial charge in [-0.2, -0.15) is 9.97 Å². The molecule has 3 heterocycles. The van der Waals surface area contributed by atoms with Gasteiger partial charge in [-0.15, -0.1) is 0 Å². The fourth-order valence-corrected chi connectivity index (χ4v) is 3.88. The number of halogens is 1. The van der Waals surface area contributed by atoms with E-state index in [2.05, 4.69) is 25.2 Å². The Morgan fingerprint density at radius 2 is 2.11 bits per heavy atom. The van der Waals surface area contributed by atoms with Gasteiger partial charge in [-0.1, -0.05) is 6.07 Å². The maximum Gasteiger partial charge on any atom is 0.224 e. The minimum Gasteiger partial charge on any atom is -0.383 e. The van der Waals surface area contributed by atoms with Crippen LogP contribution in [-0.4, -0.2) is 48.3 Å². The fourth-order valence-electron chi connectivity index (χ4n) is 3.88. The number of nitrogen functional groups attached to an aromatic ring is 1. The van der Waals surface area contributed by atoms with E-state index in [9.17, 15) is 4.39 Å². The number of nitrogens with zero attached hydrogens (tertiary/aromatic N) is 4. The van der Waals surface area contributed by atoms with E-state index >= 15 is 0 Å². The van der Waals surface area contributed by atoms with Gasteiger partial charge in [-0.05, 0) is 37.1 Å². The molecule has 1 fully saturated rings. The van der Waals surface area contributed by atoms with E-state index in [1.165, 1.54) is 6.07 Å². The predicted molar refractivity (Wildman–Crippen MR) is 109 cm³/mol. The van der Waals surface area contributed by atoms with E-state index in [4.69, 9.17) is 10.5 Å². The maximum atomic E-state index is 15.0. The van der Waals surface area contributed by atoms with E-state index in [1.807, 2.05) is 12.1 Å². The highest BCUT2D eigenvalue weighted by atomic mass is 19.1. The molecule has 146 valence electrons. The van der Waals surface area contributed by atoms with Gasteiger partial charge in [0.05, 0.1) is 29.3 Å². The Morgan fingerprint density at radius 3 is 2.89 bits per heavy atom. The average Bonchev–Trinajstić information content (AvgIpc) is 3.15. The Kier molecular flexibility index (Phi) is 4.95. The number of hydrogen-bond acceptors (Lipinski definition) is 7. The molecule has 0 spiro atoms. The summed E-state index contributed by atoms with van der Waals surface area (Å²) in [5.41, 5.74) is 8.04. The molecule has 1 unspecified atom stereocenters. The van der Waals surface area contributed by atoms with Crippen LogP contribution < -0.4 is 16.0 Å². The van der Waals surface area contributed by atoms with Crippen LogP contribution in [0.5, 0.6) is 0 Å². The zero-order valence-electron chi connectivity index (χ0n) is 15.9. The summed E-state index contributed by atoms with van der Waals surface area (Å²) in [6, 6.07) is 8.99. The fraction of sp³-hybridized carbons (Fsp3) is 0.350. The quantitative estimate of drug-likeness (QED) is 0.701. The zero-order valence-corrected chi connectivity index (χ0v) is 15.9. The first kappa shape index (κ1) is 18.4. The number of benzene rings is 1. The molecule has 4 rings (SSSR count). The highest BCUT2D eigenvalue weighted by molar-refractivity contribution is 5.90. The van der Waals surface area contributed by atoms with Crippen molar-refractivity contribution in [2.24, 2.45) is 0 Å². The standard InChI is InChI=1S/C20H23FN6O/c1-23-18-13-8-9-15(24-19(13)26-20(22)25-18)17-14(21)6-3-7-16(17)27-10-4-5-12(27)11-28-2/h3,6-9,12H,4-5,10-11H2,1-2H3,(H3,22,23,24,25,26). The molecular formula is C20H23FN6O. The summed E-state index contributed by atoms with van der Waals surface area (Å²) in [6.07, 6.45) is 2.06. The van der Waals surface area contributed by atoms with Crippen LogP contribution >= 0.6 is 0 Å². The van der Waals surface area contributed by atoms with Gasteiger partial charge in [-0.25, -0.2) is 9.37 Å². The Bertz CT molecular complexity index is 1010. The second-order valence-electron chi connectivity index (χ2n) is 6.83. The van der Waals surface area contributed by atoms with Gasteiger partial charge in [-0.3, -0.25) is 0 Å². The molecule has 3 N–H and O–H groups in total. The zero-order chi connectivity index (χ0) is 19.7. The number of rotatable bonds is 5. The molecule has 1 aromatic carbocycles. The summed E-state index contributed by atoms with van der Waals surface area (Å²) in [7, 11) is 3.45. The Morgan fingerprint density at radius 1 is 1.25 bits per heavy atom. The first-order valence-corrected chi connectivity index (χ1v) is 9.29. The predicted octanol–water partition coefficient (Wildman–Crippen LogP) is 3.07. The second-order valence-corrected chi connectivity index (χ2v) is 6.83. The first-order valence-electron chi connectivity index (χ1n) is 9.29. The first-order chi connectivity index (χ1) is 13.6. The van der Waals surface area contributed by atoms with Crippen molar-refractivity contribution in [3.8, 4) is 11.3 Å². The van der Waals surface area contributed by atoms with Gasteiger partial charge < -0.3 is 20.7 Å². The third-order valence-electron chi connectivity index (χ3n) is 5.11. The SMILES string of the molecule is CNc1nc(N)nc2nc(-c3c(F)cccc3N3CCCC3COC)ccc12. The maximum absolute atomic E-state index is 15.0. The van der Waals surface area contributed by atoms with Gasteiger partial charge in [0, 0.05) is 26.4 Å². The molecule has 2 aromatic heterocycles. The summed E-state index contributed by atoms with van der Waals surface area (Å²) >= 11 is 0. The molecule has 3 aromatic rings. The second kappa shape index (κ2) is 7.55. The molecule has 0 aliphatic carbocycles. The van der Waals surface area contributed by atoms with Crippen LogP contribution in [0.25, 0.3) is 22.3 Å². The Balaban J connectivity index is 1.85. The lowest BCUT2D eigenvalue weighted by Crippen LogP contribution is -2.33. The van der Waals surface area contributed by atoms with E-state index in [1.54, 1.807) is 26.3 Å². The normalized spacial score (nSPS) is 16.7. The van der Waals surface area contributed by atoms with E-state index < -0.39 is 0 Å². The summed E-state index contributed by atoms with van der Waals surface area (Å²) in [6.45, 7) is 1.47. The minimum atomic E-state index is -0.316. The summed E-state index contributed by atoms with van der Waals surface area (Å²) in [4.78, 5) is 15.2. The smallest absolute Gasteiger partial charge is 0.224 e. The molecule has 0 bridgehead atoms. The number of methoxy groups -OCH3 is 1. The largest absolute Gasteiger partial charge is 0.383 e. The lowest BCUT2D eigenvalue weighted by Gasteiger charge is -2.28. The summed E-state index contributed by atoms with van der Waals surface area (Å²) in [5, 5.41) is 3.72. The van der Waals surface area contributed by atoms with Crippen molar-refractivity contribution >= 4 is 28.5 Å². The summed E-state index contributed by atoms with van der Waals surface area (Å²) < 4.78 is 20.3. The molecular weight excluding hydrogens is 359 g/mol. The number of nitrogens with two attached hydrogens (primary N) is 1. The Labute approximate surface area is 162 Å². The Hall–Kier alpha value is -3.00. The van der Waals surface area contributed by atoms with Crippen LogP contribution in [0.3, 0.4) is 0 Å². The van der Waals surface area contributed by atoms with Crippen LogP contribution in [0.4, 0.5) is 21.8 Å². The van der Waals surface area contributed by atoms with Gasteiger partial charge in [0.2, 0.25) is 5.95 Å². The third-order valence-corrected chi connectivity index (χ3v) is 5.11. The average molecular weight is 382 g/mol. The molecule has 0 amide bonds. The van der Waals surface area contributed by atoms with Gasteiger partial charge in [0.25, 0.3) is 0 Å². The van der Waals surface area contributed by atoms with Crippen LogP contribution in [0.15, 0.2) is 30.3 Å². The van der Waals surface area contributed by atoms with Gasteiger partial charge in [0.15, 0.2) is 5.65 Å². The number of aromatic nitrogens is 3. The van der Waals surface area contributed by atoms with Crippen LogP contribution in [0.1, 0.15) is 12.8 Å². The summed E-state index contributed by atoms with van der Waals surface area (Å²) in [5.74, 6) is 0.397. The van der Waals surface area contributed by atoms with Crippen molar-refractivity contribution in [1.29, 1.82) is 0 Å². The van der Waals surface area contributed by atoms with Crippen molar-refractivity contribution in [2.45, 2.75) is 18.9 Å². The molecule has 1 aliphatic rings. The van der Waals surface area contributed by atoms with Crippen LogP contribution in [0, 0.1) is 5.82 Å². The van der Waals surface area contributed by atoms with E-state index in [-0.39, 0.29) is 17.8 Å². The molecule has 8 heteroatoms. The minimum absolute atomic E-state index is 0.120. The van der Waals surface area contributed by atoms with Crippen molar-refractivity contribution in [1.82, 2.24) is 15.0 Å². The number of pyridine rings is 1. The number of anilines is 3. The molecule has 1 aliphatic heterocycles. The number of ether oxygens (including phenoxy) is 1. The highest BCUT2D eigenvalue weighted by Gasteiger charge is 2.28. The molecule has 1 atom stereocenters. The number of nitrogens with one attached hydrogen (secondary N) is 1. The van der Waals surface area contributed by atoms with Crippen molar-refractivity contribution < 1.29 is 9.13 Å². The highest BCUT2D eigenvalue weighted by Crippen LogP contribution is 2.37. The van der Waals surface area contributed by atoms with Crippen LogP contribution in [0.2, 0.25) is 0 Å². The lowest BCUT2D eigenvalue weighted by atomic mass is 10.1. The topological polar surface area (TPSA) is 89.2 Å². The molecule has 1 saturated heterocycles. The lowest BCUT2D eigenvalue weighted by molar-refractivity contribution is 0.181. The number of hydrogen-bond donors (Lipinski definition) is 2.